The van der Waals surface area contributed by atoms with Gasteiger partial charge in [-0.25, -0.2) is 9.97 Å². The van der Waals surface area contributed by atoms with E-state index in [-0.39, 0.29) is 0 Å². The number of para-hydroxylation sites is 1. The fraction of sp³-hybridized carbons (Fsp3) is 0.217. The van der Waals surface area contributed by atoms with Crippen LogP contribution in [0.2, 0.25) is 0 Å². The summed E-state index contributed by atoms with van der Waals surface area (Å²) in [5.74, 6) is 1.21. The molecule has 148 valence electrons. The van der Waals surface area contributed by atoms with Gasteiger partial charge in [-0.3, -0.25) is 10.1 Å². The number of hydrogen-bond acceptors (Lipinski definition) is 5. The first-order valence-electron chi connectivity index (χ1n) is 10.3. The van der Waals surface area contributed by atoms with Crippen LogP contribution in [0.4, 0.5) is 0 Å². The van der Waals surface area contributed by atoms with Crippen LogP contribution in [0.5, 0.6) is 0 Å². The van der Waals surface area contributed by atoms with Crippen molar-refractivity contribution in [2.75, 3.05) is 13.1 Å². The van der Waals surface area contributed by atoms with Crippen molar-refractivity contribution in [2.24, 2.45) is 0 Å². The van der Waals surface area contributed by atoms with Gasteiger partial charge in [-0.15, -0.1) is 0 Å². The molecule has 4 aromatic heterocycles. The number of imidazole rings is 1. The lowest BCUT2D eigenvalue weighted by Crippen LogP contribution is -2.27. The Morgan fingerprint density at radius 2 is 1.77 bits per heavy atom. The highest BCUT2D eigenvalue weighted by molar-refractivity contribution is 5.95. The molecule has 1 fully saturated rings. The number of nitrogens with zero attached hydrogens (tertiary/aromatic N) is 4. The van der Waals surface area contributed by atoms with Crippen molar-refractivity contribution in [1.29, 1.82) is 0 Å². The summed E-state index contributed by atoms with van der Waals surface area (Å²) in [4.78, 5) is 17.8. The van der Waals surface area contributed by atoms with Crippen LogP contribution in [0.3, 0.4) is 0 Å². The van der Waals surface area contributed by atoms with E-state index < -0.39 is 0 Å². The van der Waals surface area contributed by atoms with Crippen LogP contribution in [-0.4, -0.2) is 43.2 Å². The van der Waals surface area contributed by atoms with Crippen molar-refractivity contribution in [3.05, 3.63) is 60.4 Å². The Bertz CT molecular complexity index is 1330. The zero-order valence-electron chi connectivity index (χ0n) is 16.4. The fourth-order valence-corrected chi connectivity index (χ4v) is 4.30. The summed E-state index contributed by atoms with van der Waals surface area (Å²) in [7, 11) is 0. The molecule has 30 heavy (non-hydrogen) atoms. The number of aromatic amines is 2. The molecule has 0 unspecified atom stereocenters. The second kappa shape index (κ2) is 7.03. The van der Waals surface area contributed by atoms with Crippen LogP contribution in [0.25, 0.3) is 44.8 Å². The minimum Gasteiger partial charge on any atom is -0.336 e. The number of fused-ring (bicyclic) bond motifs is 2. The van der Waals surface area contributed by atoms with E-state index in [1.807, 2.05) is 36.4 Å². The molecule has 0 atom stereocenters. The molecule has 0 saturated carbocycles. The number of benzene rings is 1. The first-order chi connectivity index (χ1) is 14.9. The number of nitrogens with one attached hydrogen (secondary N) is 3. The van der Waals surface area contributed by atoms with Gasteiger partial charge < -0.3 is 10.3 Å². The third-order valence-corrected chi connectivity index (χ3v) is 5.86. The number of pyridine rings is 2. The van der Waals surface area contributed by atoms with E-state index in [1.54, 1.807) is 6.20 Å². The molecule has 0 amide bonds. The first kappa shape index (κ1) is 17.3. The summed E-state index contributed by atoms with van der Waals surface area (Å²) in [6.45, 7) is 2.09. The Labute approximate surface area is 173 Å². The van der Waals surface area contributed by atoms with Crippen molar-refractivity contribution in [1.82, 2.24) is 35.5 Å². The van der Waals surface area contributed by atoms with Gasteiger partial charge in [0, 0.05) is 23.4 Å². The average Bonchev–Trinajstić information content (AvgIpc) is 3.43. The van der Waals surface area contributed by atoms with E-state index in [9.17, 15) is 0 Å². The highest BCUT2D eigenvalue weighted by atomic mass is 15.1. The third-order valence-electron chi connectivity index (χ3n) is 5.86. The first-order valence-corrected chi connectivity index (χ1v) is 10.3. The Balaban J connectivity index is 1.47. The summed E-state index contributed by atoms with van der Waals surface area (Å²) >= 11 is 0. The Morgan fingerprint density at radius 1 is 0.833 bits per heavy atom. The minimum absolute atomic E-state index is 0.491. The van der Waals surface area contributed by atoms with Crippen LogP contribution in [0, 0.1) is 0 Å². The van der Waals surface area contributed by atoms with Gasteiger partial charge in [0.1, 0.15) is 5.52 Å². The van der Waals surface area contributed by atoms with Crippen LogP contribution in [0.1, 0.15) is 24.5 Å². The highest BCUT2D eigenvalue weighted by Crippen LogP contribution is 2.31. The monoisotopic (exact) mass is 395 g/mol. The molecule has 1 saturated heterocycles. The van der Waals surface area contributed by atoms with E-state index in [4.69, 9.17) is 9.97 Å². The van der Waals surface area contributed by atoms with Crippen molar-refractivity contribution >= 4 is 22.1 Å². The van der Waals surface area contributed by atoms with Crippen LogP contribution < -0.4 is 5.32 Å². The average molecular weight is 395 g/mol. The summed E-state index contributed by atoms with van der Waals surface area (Å²) < 4.78 is 0. The van der Waals surface area contributed by atoms with Crippen molar-refractivity contribution in [3.8, 4) is 22.8 Å². The molecule has 7 nitrogen and oxygen atoms in total. The standard InChI is InChI=1S/C23H21N7/c1-2-11-25-17(5-1)15-4-3-6-18-20(15)28-23(27-18)22-21-19(29-30-22)8-7-16(26-21)14-9-12-24-13-10-14/h1-8,11,14,24H,9-10,12-13H2,(H,27,28)(H,29,30). The summed E-state index contributed by atoms with van der Waals surface area (Å²) in [6, 6.07) is 16.2. The predicted molar refractivity (Wildman–Crippen MR) is 117 cm³/mol. The second-order valence-corrected chi connectivity index (χ2v) is 7.73. The Hall–Kier alpha value is -3.58. The highest BCUT2D eigenvalue weighted by Gasteiger charge is 2.20. The van der Waals surface area contributed by atoms with Gasteiger partial charge in [0.05, 0.1) is 22.2 Å². The molecule has 1 aliphatic rings. The molecule has 5 aromatic rings. The third kappa shape index (κ3) is 2.86. The maximum atomic E-state index is 4.99. The molecule has 0 spiro atoms. The van der Waals surface area contributed by atoms with Gasteiger partial charge in [-0.05, 0) is 56.3 Å². The Kier molecular flexibility index (Phi) is 4.06. The minimum atomic E-state index is 0.491. The van der Waals surface area contributed by atoms with Gasteiger partial charge in [-0.1, -0.05) is 18.2 Å². The molecule has 6 rings (SSSR count). The molecular weight excluding hydrogens is 374 g/mol. The maximum absolute atomic E-state index is 4.99. The number of rotatable bonds is 3. The zero-order valence-corrected chi connectivity index (χ0v) is 16.4. The van der Waals surface area contributed by atoms with Gasteiger partial charge in [0.2, 0.25) is 0 Å². The van der Waals surface area contributed by atoms with E-state index in [2.05, 4.69) is 37.6 Å². The van der Waals surface area contributed by atoms with Gasteiger partial charge in [-0.2, -0.15) is 5.10 Å². The van der Waals surface area contributed by atoms with Crippen LogP contribution in [0.15, 0.2) is 54.7 Å². The van der Waals surface area contributed by atoms with Crippen molar-refractivity contribution in [3.63, 3.8) is 0 Å². The summed E-state index contributed by atoms with van der Waals surface area (Å²) in [6.07, 6.45) is 4.03. The topological polar surface area (TPSA) is 95.2 Å². The van der Waals surface area contributed by atoms with Gasteiger partial charge in [0.15, 0.2) is 11.5 Å². The van der Waals surface area contributed by atoms with E-state index in [0.717, 1.165) is 76.5 Å². The quantitative estimate of drug-likeness (QED) is 0.429. The summed E-state index contributed by atoms with van der Waals surface area (Å²) in [5, 5.41) is 11.1. The van der Waals surface area contributed by atoms with Crippen LogP contribution in [-0.2, 0) is 0 Å². The molecule has 0 radical (unpaired) electrons. The van der Waals surface area contributed by atoms with Crippen molar-refractivity contribution in [2.45, 2.75) is 18.8 Å². The number of aromatic nitrogens is 6. The molecule has 3 N–H and O–H groups in total. The van der Waals surface area contributed by atoms with Gasteiger partial charge in [0.25, 0.3) is 0 Å². The maximum Gasteiger partial charge on any atom is 0.161 e. The lowest BCUT2D eigenvalue weighted by atomic mass is 9.94. The Morgan fingerprint density at radius 3 is 2.63 bits per heavy atom. The molecule has 0 bridgehead atoms. The molecule has 0 aliphatic carbocycles. The van der Waals surface area contributed by atoms with E-state index in [0.29, 0.717) is 5.92 Å². The molecule has 7 heteroatoms. The van der Waals surface area contributed by atoms with Gasteiger partial charge >= 0.3 is 0 Å². The lowest BCUT2D eigenvalue weighted by Gasteiger charge is -2.22. The summed E-state index contributed by atoms with van der Waals surface area (Å²) in [5.41, 5.74) is 7.42. The van der Waals surface area contributed by atoms with Crippen molar-refractivity contribution < 1.29 is 0 Å². The number of hydrogen-bond donors (Lipinski definition) is 3. The lowest BCUT2D eigenvalue weighted by molar-refractivity contribution is 0.454. The van der Waals surface area contributed by atoms with Crippen LogP contribution >= 0.6 is 0 Å². The SMILES string of the molecule is c1ccc(-c2cccc3[nH]c(-c4n[nH]c5ccc(C6CCNCC6)nc45)nc23)nc1. The molecule has 1 aromatic carbocycles. The number of piperidine rings is 1. The predicted octanol–water partition coefficient (Wildman–Crippen LogP) is 4.03. The van der Waals surface area contributed by atoms with E-state index >= 15 is 0 Å². The normalized spacial score (nSPS) is 15.2. The number of H-pyrrole nitrogens is 2. The molecular formula is C23H21N7. The molecule has 5 heterocycles. The zero-order chi connectivity index (χ0) is 19.9. The largest absolute Gasteiger partial charge is 0.336 e. The molecule has 1 aliphatic heterocycles. The smallest absolute Gasteiger partial charge is 0.161 e. The van der Waals surface area contributed by atoms with E-state index in [1.165, 1.54) is 0 Å². The fourth-order valence-electron chi connectivity index (χ4n) is 4.30. The second-order valence-electron chi connectivity index (χ2n) is 7.73.